The zero-order valence-corrected chi connectivity index (χ0v) is 39.9. The molecular formula is C60H64N4. The molecule has 0 amide bonds. The summed E-state index contributed by atoms with van der Waals surface area (Å²) < 4.78 is 0. The summed E-state index contributed by atoms with van der Waals surface area (Å²) in [5.74, 6) is 0. The van der Waals surface area contributed by atoms with Crippen molar-refractivity contribution in [3.05, 3.63) is 230 Å². The molecule has 4 aromatic carbocycles. The van der Waals surface area contributed by atoms with Gasteiger partial charge < -0.3 is 15.0 Å². The molecule has 4 nitrogen and oxygen atoms in total. The van der Waals surface area contributed by atoms with E-state index in [9.17, 15) is 0 Å². The number of aromatic nitrogens is 3. The Kier molecular flexibility index (Phi) is 10.3. The van der Waals surface area contributed by atoms with E-state index in [0.717, 1.165) is 66.9 Å². The van der Waals surface area contributed by atoms with Gasteiger partial charge in [-0.25, -0.2) is 4.99 Å². The topological polar surface area (TPSA) is 59.7 Å². The Balaban J connectivity index is 1.61. The molecule has 0 aliphatic carbocycles. The molecule has 1 atom stereocenters. The maximum atomic E-state index is 5.69. The van der Waals surface area contributed by atoms with Crippen LogP contribution in [0.2, 0.25) is 0 Å². The number of hydrogen-bond acceptors (Lipinski definition) is 1. The molecule has 2 aliphatic heterocycles. The molecular weight excluding hydrogens is 777 g/mol. The third-order valence-electron chi connectivity index (χ3n) is 13.3. The zero-order valence-electron chi connectivity index (χ0n) is 39.9. The summed E-state index contributed by atoms with van der Waals surface area (Å²) in [7, 11) is 0. The van der Waals surface area contributed by atoms with Gasteiger partial charge in [-0.05, 0) is 91.0 Å². The predicted octanol–water partition coefficient (Wildman–Crippen LogP) is 13.2. The molecule has 7 aromatic rings. The van der Waals surface area contributed by atoms with Crippen LogP contribution in [0.25, 0.3) is 16.7 Å². The van der Waals surface area contributed by atoms with Crippen LogP contribution in [0.4, 0.5) is 0 Å². The first-order valence-electron chi connectivity index (χ1n) is 23.0. The number of aliphatic imine (C=N–C) groups is 1. The molecule has 3 N–H and O–H groups in total. The Bertz CT molecular complexity index is 3080. The quantitative estimate of drug-likeness (QED) is 0.158. The number of nitrogens with one attached hydrogen (secondary N) is 3. The fourth-order valence-corrected chi connectivity index (χ4v) is 10.7. The first kappa shape index (κ1) is 42.9. The van der Waals surface area contributed by atoms with Gasteiger partial charge in [0.05, 0.1) is 22.5 Å². The van der Waals surface area contributed by atoms with Crippen molar-refractivity contribution in [2.24, 2.45) is 10.4 Å². The summed E-state index contributed by atoms with van der Waals surface area (Å²) in [6.45, 7) is 28.7. The van der Waals surface area contributed by atoms with Crippen LogP contribution >= 0.6 is 0 Å². The minimum Gasteiger partial charge on any atom is -0.357 e. The lowest BCUT2D eigenvalue weighted by Gasteiger charge is -2.48. The van der Waals surface area contributed by atoms with Crippen molar-refractivity contribution in [2.45, 2.75) is 105 Å². The largest absolute Gasteiger partial charge is 0.357 e. The molecule has 4 heteroatoms. The highest BCUT2D eigenvalue weighted by molar-refractivity contribution is 6.30. The van der Waals surface area contributed by atoms with E-state index in [1.54, 1.807) is 0 Å². The summed E-state index contributed by atoms with van der Waals surface area (Å²) in [5.41, 5.74) is 16.4. The van der Waals surface area contributed by atoms with Gasteiger partial charge in [-0.2, -0.15) is 0 Å². The molecule has 9 rings (SSSR count). The fourth-order valence-electron chi connectivity index (χ4n) is 10.7. The highest BCUT2D eigenvalue weighted by Gasteiger charge is 2.54. The lowest BCUT2D eigenvalue weighted by Crippen LogP contribution is -2.46. The molecule has 0 spiro atoms. The van der Waals surface area contributed by atoms with Crippen molar-refractivity contribution >= 4 is 22.4 Å². The molecule has 0 saturated heterocycles. The van der Waals surface area contributed by atoms with E-state index in [4.69, 9.17) is 4.99 Å². The second-order valence-corrected chi connectivity index (χ2v) is 21.9. The normalized spacial score (nSPS) is 19.0. The van der Waals surface area contributed by atoms with Crippen LogP contribution in [0.5, 0.6) is 0 Å². The maximum Gasteiger partial charge on any atom is 0.0806 e. The number of benzene rings is 4. The van der Waals surface area contributed by atoms with Crippen molar-refractivity contribution in [2.75, 3.05) is 0 Å². The van der Waals surface area contributed by atoms with Crippen LogP contribution in [0, 0.1) is 5.41 Å². The van der Waals surface area contributed by atoms with E-state index in [1.165, 1.54) is 33.6 Å². The number of rotatable bonds is 4. The van der Waals surface area contributed by atoms with Crippen molar-refractivity contribution in [3.63, 3.8) is 0 Å². The van der Waals surface area contributed by atoms with E-state index >= 15 is 0 Å². The number of hydrogen-bond donors (Lipinski definition) is 3. The zero-order chi connectivity index (χ0) is 45.4. The highest BCUT2D eigenvalue weighted by atomic mass is 14.9. The van der Waals surface area contributed by atoms with Crippen molar-refractivity contribution in [1.82, 2.24) is 15.0 Å². The second-order valence-electron chi connectivity index (χ2n) is 21.9. The Hall–Kier alpha value is -6.39. The molecule has 0 saturated carbocycles. The summed E-state index contributed by atoms with van der Waals surface area (Å²) in [6.07, 6.45) is 4.44. The Labute approximate surface area is 380 Å². The molecule has 2 aliphatic rings. The average Bonchev–Trinajstić information content (AvgIpc) is 4.07. The second kappa shape index (κ2) is 15.4. The SMILES string of the molecule is CC(C)(C)c1cc2[nH]c1C(c1ccccc1)(C(C)(C)C)c1[nH]c(c(C(C)(C)C)c1C(C)(C)C)/C(c1ccccc1)=C1/C=CC(=N1)/C(c1ccccc1)=c1/ccc([nH]1)=C2c1ccccc1. The standard InChI is InChI=1S/C60H64N4/c1-56(2,3)42-37-47-49(39-27-19-14-20-28-39)45-34-33-43(61-45)48(38-25-17-13-18-26-38)44-35-36-46(62-44)50(40-29-21-15-22-30-40)53-51(57(4,5)6)52(58(7,8)9)55(64-53)60(54(42)63-47,59(10,11)12)41-31-23-16-24-32-41/h13-37,61,63-64H,1-12H3/b48-43-,49-45?,50-46-. The van der Waals surface area contributed by atoms with E-state index < -0.39 is 5.41 Å². The number of allylic oxidation sites excluding steroid dienone is 2. The first-order chi connectivity index (χ1) is 30.3. The fraction of sp³-hybridized carbons (Fsp3) is 0.283. The van der Waals surface area contributed by atoms with E-state index in [-0.39, 0.29) is 21.7 Å². The highest BCUT2D eigenvalue weighted by Crippen LogP contribution is 2.58. The Morgan fingerprint density at radius 2 is 0.922 bits per heavy atom. The number of H-pyrrole nitrogens is 3. The minimum absolute atomic E-state index is 0.240. The van der Waals surface area contributed by atoms with E-state index in [2.05, 4.69) is 250 Å². The van der Waals surface area contributed by atoms with Crippen LogP contribution in [-0.4, -0.2) is 20.7 Å². The van der Waals surface area contributed by atoms with Crippen molar-refractivity contribution in [3.8, 4) is 0 Å². The van der Waals surface area contributed by atoms with Crippen molar-refractivity contribution in [1.29, 1.82) is 0 Å². The predicted molar refractivity (Wildman–Crippen MR) is 270 cm³/mol. The molecule has 0 radical (unpaired) electrons. The summed E-state index contributed by atoms with van der Waals surface area (Å²) in [6, 6.07) is 50.7. The molecule has 5 heterocycles. The van der Waals surface area contributed by atoms with E-state index in [0.29, 0.717) is 0 Å². The van der Waals surface area contributed by atoms with Crippen LogP contribution in [0.3, 0.4) is 0 Å². The van der Waals surface area contributed by atoms with Gasteiger partial charge in [0, 0.05) is 44.5 Å². The summed E-state index contributed by atoms with van der Waals surface area (Å²) in [5, 5.41) is 2.04. The lowest BCUT2D eigenvalue weighted by molar-refractivity contribution is 0.255. The molecule has 0 fully saturated rings. The average molecular weight is 841 g/mol. The monoisotopic (exact) mass is 841 g/mol. The number of fused-ring (bicyclic) bond motifs is 7. The number of aromatic amines is 3. The third kappa shape index (κ3) is 7.12. The van der Waals surface area contributed by atoms with Crippen LogP contribution < -0.4 is 10.7 Å². The van der Waals surface area contributed by atoms with Crippen molar-refractivity contribution < 1.29 is 0 Å². The van der Waals surface area contributed by atoms with E-state index in [1.807, 2.05) is 0 Å². The summed E-state index contributed by atoms with van der Waals surface area (Å²) >= 11 is 0. The maximum absolute atomic E-state index is 5.69. The van der Waals surface area contributed by atoms with Crippen LogP contribution in [-0.2, 0) is 21.7 Å². The Morgan fingerprint density at radius 3 is 1.42 bits per heavy atom. The molecule has 324 valence electrons. The number of nitrogens with zero attached hydrogens (tertiary/aromatic N) is 1. The molecule has 1 unspecified atom stereocenters. The Morgan fingerprint density at radius 1 is 0.438 bits per heavy atom. The van der Waals surface area contributed by atoms with Gasteiger partial charge >= 0.3 is 0 Å². The van der Waals surface area contributed by atoms with Gasteiger partial charge in [-0.15, -0.1) is 0 Å². The molecule has 8 bridgehead atoms. The van der Waals surface area contributed by atoms with Gasteiger partial charge in [0.25, 0.3) is 0 Å². The van der Waals surface area contributed by atoms with Gasteiger partial charge in [0.15, 0.2) is 0 Å². The van der Waals surface area contributed by atoms with Crippen LogP contribution in [0.1, 0.15) is 145 Å². The molecule has 3 aromatic heterocycles. The smallest absolute Gasteiger partial charge is 0.0806 e. The lowest BCUT2D eigenvalue weighted by atomic mass is 9.55. The first-order valence-corrected chi connectivity index (χ1v) is 23.0. The third-order valence-corrected chi connectivity index (χ3v) is 13.3. The van der Waals surface area contributed by atoms with Gasteiger partial charge in [0.2, 0.25) is 0 Å². The van der Waals surface area contributed by atoms with Crippen LogP contribution in [0.15, 0.2) is 162 Å². The van der Waals surface area contributed by atoms with Gasteiger partial charge in [-0.3, -0.25) is 0 Å². The molecule has 64 heavy (non-hydrogen) atoms. The minimum atomic E-state index is -0.712. The van der Waals surface area contributed by atoms with Gasteiger partial charge in [0.1, 0.15) is 0 Å². The summed E-state index contributed by atoms with van der Waals surface area (Å²) in [4.78, 5) is 18.4. The van der Waals surface area contributed by atoms with Gasteiger partial charge in [-0.1, -0.05) is 204 Å².